The number of nitrogens with two attached hydrogens (primary N) is 1. The summed E-state index contributed by atoms with van der Waals surface area (Å²) in [4.78, 5) is 16.5. The molecule has 0 unspecified atom stereocenters. The van der Waals surface area contributed by atoms with Crippen molar-refractivity contribution in [2.45, 2.75) is 69.0 Å². The number of carbonyl (C=O) groups is 1. The van der Waals surface area contributed by atoms with Crippen molar-refractivity contribution >= 4 is 6.09 Å². The van der Waals surface area contributed by atoms with Gasteiger partial charge < -0.3 is 24.8 Å². The zero-order valence-electron chi connectivity index (χ0n) is 15.0. The molecule has 26 heavy (non-hydrogen) atoms. The molecule has 142 valence electrons. The van der Waals surface area contributed by atoms with Gasteiger partial charge in [0.05, 0.1) is 12.3 Å². The first-order valence-electron chi connectivity index (χ1n) is 9.73. The van der Waals surface area contributed by atoms with Gasteiger partial charge in [0.1, 0.15) is 31.4 Å². The van der Waals surface area contributed by atoms with Crippen molar-refractivity contribution in [3.8, 4) is 0 Å². The van der Waals surface area contributed by atoms with Gasteiger partial charge >= 0.3 is 6.09 Å². The molecule has 4 rings (SSSR count). The maximum atomic E-state index is 12.2. The third-order valence-corrected chi connectivity index (χ3v) is 5.59. The van der Waals surface area contributed by atoms with Crippen LogP contribution in [0.2, 0.25) is 0 Å². The van der Waals surface area contributed by atoms with E-state index in [-0.39, 0.29) is 36.5 Å². The van der Waals surface area contributed by atoms with Crippen LogP contribution in [0, 0.1) is 0 Å². The average Bonchev–Trinajstić information content (AvgIpc) is 3.25. The third-order valence-electron chi connectivity index (χ3n) is 5.59. The van der Waals surface area contributed by atoms with Crippen LogP contribution < -0.4 is 10.6 Å². The first-order chi connectivity index (χ1) is 12.8. The first kappa shape index (κ1) is 17.7. The molecular weight excluding hydrogens is 334 g/mol. The number of hydrogen-bond acceptors (Lipinski definition) is 5. The summed E-state index contributed by atoms with van der Waals surface area (Å²) in [7, 11) is 0. The normalized spacial score (nSPS) is 31.5. The zero-order valence-corrected chi connectivity index (χ0v) is 15.0. The summed E-state index contributed by atoms with van der Waals surface area (Å²) in [5.74, 6) is 0. The fraction of sp³-hybridized carbons (Fsp3) is 0.684. The Labute approximate surface area is 153 Å². The Balaban J connectivity index is 1.24. The molecule has 3 aliphatic rings. The van der Waals surface area contributed by atoms with Crippen LogP contribution in [0.3, 0.4) is 0 Å². The highest BCUT2D eigenvalue weighted by molar-refractivity contribution is 5.68. The predicted molar refractivity (Wildman–Crippen MR) is 93.4 cm³/mol. The van der Waals surface area contributed by atoms with Gasteiger partial charge in [-0.05, 0) is 25.0 Å². The predicted octanol–water partition coefficient (Wildman–Crippen LogP) is 0.739. The number of quaternary nitrogens is 1. The fourth-order valence-electron chi connectivity index (χ4n) is 4.17. The SMILES string of the molecule is O=C(NC1CCCCC1)O[C@@H]1CO[C@H]2[C@@H]1OC[C@@H]2[NH2+]Cc1ccccn1. The summed E-state index contributed by atoms with van der Waals surface area (Å²) in [5.41, 5.74) is 1.04. The van der Waals surface area contributed by atoms with E-state index in [0.29, 0.717) is 13.2 Å². The quantitative estimate of drug-likeness (QED) is 0.807. The molecule has 7 nitrogen and oxygen atoms in total. The molecule has 7 heteroatoms. The minimum absolute atomic E-state index is 0.0359. The van der Waals surface area contributed by atoms with E-state index >= 15 is 0 Å². The van der Waals surface area contributed by atoms with E-state index in [0.717, 1.165) is 25.1 Å². The molecule has 3 heterocycles. The van der Waals surface area contributed by atoms with Crippen LogP contribution in [0.5, 0.6) is 0 Å². The second kappa shape index (κ2) is 8.33. The highest BCUT2D eigenvalue weighted by Crippen LogP contribution is 2.28. The molecule has 1 aliphatic carbocycles. The maximum absolute atomic E-state index is 12.2. The molecule has 2 saturated heterocycles. The van der Waals surface area contributed by atoms with Crippen molar-refractivity contribution in [2.24, 2.45) is 0 Å². The van der Waals surface area contributed by atoms with Gasteiger partial charge in [-0.3, -0.25) is 4.98 Å². The van der Waals surface area contributed by atoms with Crippen molar-refractivity contribution in [2.75, 3.05) is 13.2 Å². The molecule has 1 aromatic rings. The zero-order chi connectivity index (χ0) is 17.8. The van der Waals surface area contributed by atoms with E-state index in [9.17, 15) is 4.79 Å². The van der Waals surface area contributed by atoms with Gasteiger partial charge in [0.25, 0.3) is 0 Å². The van der Waals surface area contributed by atoms with Crippen molar-refractivity contribution in [3.05, 3.63) is 30.1 Å². The molecule has 4 atom stereocenters. The lowest BCUT2D eigenvalue weighted by Gasteiger charge is -2.24. The van der Waals surface area contributed by atoms with Crippen LogP contribution in [0.4, 0.5) is 4.79 Å². The van der Waals surface area contributed by atoms with Gasteiger partial charge in [0.15, 0.2) is 6.10 Å². The van der Waals surface area contributed by atoms with E-state index < -0.39 is 0 Å². The Bertz CT molecular complexity index is 594. The lowest BCUT2D eigenvalue weighted by atomic mass is 9.96. The van der Waals surface area contributed by atoms with E-state index in [1.807, 2.05) is 18.2 Å². The second-order valence-electron chi connectivity index (χ2n) is 7.44. The molecule has 1 saturated carbocycles. The average molecular weight is 362 g/mol. The van der Waals surface area contributed by atoms with Crippen LogP contribution in [-0.2, 0) is 20.8 Å². The molecule has 1 aromatic heterocycles. The molecule has 2 aliphatic heterocycles. The molecule has 1 amide bonds. The van der Waals surface area contributed by atoms with Crippen molar-refractivity contribution in [1.82, 2.24) is 10.3 Å². The van der Waals surface area contributed by atoms with Crippen LogP contribution in [0.15, 0.2) is 24.4 Å². The van der Waals surface area contributed by atoms with Crippen molar-refractivity contribution in [1.29, 1.82) is 0 Å². The van der Waals surface area contributed by atoms with Gasteiger partial charge in [-0.2, -0.15) is 0 Å². The van der Waals surface area contributed by atoms with E-state index in [4.69, 9.17) is 14.2 Å². The number of fused-ring (bicyclic) bond motifs is 1. The largest absolute Gasteiger partial charge is 0.441 e. The Morgan fingerprint density at radius 1 is 1.19 bits per heavy atom. The van der Waals surface area contributed by atoms with Crippen LogP contribution >= 0.6 is 0 Å². The van der Waals surface area contributed by atoms with Gasteiger partial charge in [0, 0.05) is 12.2 Å². The molecule has 0 radical (unpaired) electrons. The molecule has 0 aromatic carbocycles. The fourth-order valence-corrected chi connectivity index (χ4v) is 4.17. The topological polar surface area (TPSA) is 86.3 Å². The number of alkyl carbamates (subject to hydrolysis) is 1. The van der Waals surface area contributed by atoms with E-state index in [1.165, 1.54) is 19.3 Å². The van der Waals surface area contributed by atoms with Crippen molar-refractivity contribution in [3.63, 3.8) is 0 Å². The summed E-state index contributed by atoms with van der Waals surface area (Å²) < 4.78 is 17.4. The van der Waals surface area contributed by atoms with Crippen LogP contribution in [0.25, 0.3) is 0 Å². The van der Waals surface area contributed by atoms with Gasteiger partial charge in [-0.15, -0.1) is 0 Å². The summed E-state index contributed by atoms with van der Waals surface area (Å²) in [5, 5.41) is 5.20. The number of nitrogens with one attached hydrogen (secondary N) is 1. The van der Waals surface area contributed by atoms with Crippen LogP contribution in [-0.4, -0.2) is 54.7 Å². The number of ether oxygens (including phenoxy) is 3. The minimum Gasteiger partial charge on any atom is -0.441 e. The minimum atomic E-state index is -0.337. The number of rotatable bonds is 5. The van der Waals surface area contributed by atoms with Gasteiger partial charge in [-0.25, -0.2) is 4.79 Å². The third kappa shape index (κ3) is 4.16. The number of pyridine rings is 1. The summed E-state index contributed by atoms with van der Waals surface area (Å²) in [6.07, 6.45) is 6.65. The smallest absolute Gasteiger partial charge is 0.407 e. The molecule has 3 N–H and O–H groups in total. The molecule has 0 spiro atoms. The summed E-state index contributed by atoms with van der Waals surface area (Å²) in [6, 6.07) is 6.38. The number of amides is 1. The van der Waals surface area contributed by atoms with E-state index in [1.54, 1.807) is 6.20 Å². The van der Waals surface area contributed by atoms with Crippen molar-refractivity contribution < 1.29 is 24.3 Å². The van der Waals surface area contributed by atoms with E-state index in [2.05, 4.69) is 15.6 Å². The molecule has 3 fully saturated rings. The highest BCUT2D eigenvalue weighted by Gasteiger charge is 2.51. The Morgan fingerprint density at radius 3 is 2.85 bits per heavy atom. The molecular formula is C19H28N3O4+. The van der Waals surface area contributed by atoms with Gasteiger partial charge in [0.2, 0.25) is 0 Å². The lowest BCUT2D eigenvalue weighted by Crippen LogP contribution is -2.91. The van der Waals surface area contributed by atoms with Gasteiger partial charge in [-0.1, -0.05) is 25.3 Å². The van der Waals surface area contributed by atoms with Crippen LogP contribution in [0.1, 0.15) is 37.8 Å². The first-order valence-corrected chi connectivity index (χ1v) is 9.73. The maximum Gasteiger partial charge on any atom is 0.407 e. The molecule has 0 bridgehead atoms. The lowest BCUT2D eigenvalue weighted by molar-refractivity contribution is -0.708. The Hall–Kier alpha value is -1.70. The number of nitrogens with zero attached hydrogens (tertiary/aromatic N) is 1. The second-order valence-corrected chi connectivity index (χ2v) is 7.44. The number of hydrogen-bond donors (Lipinski definition) is 2. The standard InChI is InChI=1S/C19H27N3O4/c23-19(22-13-6-2-1-3-7-13)26-16-12-25-17-15(11-24-18(16)17)21-10-14-8-4-5-9-20-14/h4-5,8-9,13,15-18,21H,1-3,6-7,10-12H2,(H,22,23)/p+1/t15-,16+,17+,18+/m0/s1. The monoisotopic (exact) mass is 362 g/mol. The number of aromatic nitrogens is 1. The highest BCUT2D eigenvalue weighted by atomic mass is 16.6. The Morgan fingerprint density at radius 2 is 2.04 bits per heavy atom. The Kier molecular flexibility index (Phi) is 5.67. The summed E-state index contributed by atoms with van der Waals surface area (Å²) >= 11 is 0. The summed E-state index contributed by atoms with van der Waals surface area (Å²) in [6.45, 7) is 1.79. The number of carbonyl (C=O) groups excluding carboxylic acids is 1.